The van der Waals surface area contributed by atoms with Gasteiger partial charge in [-0.3, -0.25) is 20.4 Å². The first-order chi connectivity index (χ1) is 13.5. The lowest BCUT2D eigenvalue weighted by molar-refractivity contribution is -0.130. The van der Waals surface area contributed by atoms with Gasteiger partial charge in [0.1, 0.15) is 5.75 Å². The summed E-state index contributed by atoms with van der Waals surface area (Å²) in [6.45, 7) is -0.284. The van der Waals surface area contributed by atoms with Crippen molar-refractivity contribution in [1.82, 2.24) is 15.8 Å². The molecule has 0 saturated carbocycles. The average molecular weight is 438 g/mol. The minimum atomic E-state index is -0.495. The van der Waals surface area contributed by atoms with Crippen molar-refractivity contribution < 1.29 is 14.3 Å². The molecule has 1 heterocycles. The van der Waals surface area contributed by atoms with Crippen LogP contribution in [-0.2, 0) is 16.0 Å². The molecule has 6 nitrogen and oxygen atoms in total. The van der Waals surface area contributed by atoms with Crippen molar-refractivity contribution in [1.29, 1.82) is 0 Å². The Bertz CT molecular complexity index is 960. The van der Waals surface area contributed by atoms with Gasteiger partial charge in [-0.15, -0.1) is 11.3 Å². The standard InChI is InChI=1S/C19H17Cl2N3O3S/c20-12-8-9-15(13(21)10-12)27-11-18(26)24-23-17(25)6-3-7-19-22-14-4-1-2-5-16(14)28-19/h1-2,4-5,8-10H,3,6-7,11H2,(H,23,25)(H,24,26). The van der Waals surface area contributed by atoms with Crippen LogP contribution in [0.1, 0.15) is 17.8 Å². The Kier molecular flexibility index (Phi) is 7.08. The van der Waals surface area contributed by atoms with E-state index in [2.05, 4.69) is 15.8 Å². The average Bonchev–Trinajstić information content (AvgIpc) is 3.08. The largest absolute Gasteiger partial charge is 0.482 e. The first-order valence-corrected chi connectivity index (χ1v) is 10.1. The predicted octanol–water partition coefficient (Wildman–Crippen LogP) is 4.15. The Morgan fingerprint density at radius 2 is 1.86 bits per heavy atom. The third-order valence-electron chi connectivity index (χ3n) is 3.73. The molecule has 1 aromatic heterocycles. The second-order valence-electron chi connectivity index (χ2n) is 5.89. The Hall–Kier alpha value is -2.35. The predicted molar refractivity (Wildman–Crippen MR) is 111 cm³/mol. The quantitative estimate of drug-likeness (QED) is 0.543. The lowest BCUT2D eigenvalue weighted by Gasteiger charge is -2.09. The molecule has 0 radical (unpaired) electrons. The molecular formula is C19H17Cl2N3O3S. The smallest absolute Gasteiger partial charge is 0.276 e. The van der Waals surface area contributed by atoms with Crippen LogP contribution in [0.3, 0.4) is 0 Å². The number of carbonyl (C=O) groups excluding carboxylic acids is 2. The van der Waals surface area contributed by atoms with Gasteiger partial charge in [0.15, 0.2) is 6.61 Å². The molecule has 0 spiro atoms. The molecule has 0 saturated heterocycles. The summed E-state index contributed by atoms with van der Waals surface area (Å²) in [5.41, 5.74) is 5.65. The molecule has 3 aromatic rings. The molecule has 2 amide bonds. The van der Waals surface area contributed by atoms with Crippen LogP contribution in [0.15, 0.2) is 42.5 Å². The van der Waals surface area contributed by atoms with Crippen molar-refractivity contribution in [3.8, 4) is 5.75 Å². The summed E-state index contributed by atoms with van der Waals surface area (Å²) in [6.07, 6.45) is 1.62. The first kappa shape index (κ1) is 20.4. The van der Waals surface area contributed by atoms with Gasteiger partial charge in [0.05, 0.1) is 20.2 Å². The number of nitrogens with zero attached hydrogens (tertiary/aromatic N) is 1. The highest BCUT2D eigenvalue weighted by Gasteiger charge is 2.09. The minimum absolute atomic E-state index is 0.278. The van der Waals surface area contributed by atoms with Crippen LogP contribution in [0.5, 0.6) is 5.75 Å². The zero-order valence-corrected chi connectivity index (χ0v) is 17.0. The lowest BCUT2D eigenvalue weighted by atomic mass is 10.2. The van der Waals surface area contributed by atoms with Crippen molar-refractivity contribution in [2.45, 2.75) is 19.3 Å². The SMILES string of the molecule is O=C(CCCc1nc2ccccc2s1)NNC(=O)COc1ccc(Cl)cc1Cl. The van der Waals surface area contributed by atoms with Crippen molar-refractivity contribution in [2.75, 3.05) is 6.61 Å². The molecule has 0 unspecified atom stereocenters. The molecule has 0 atom stereocenters. The van der Waals surface area contributed by atoms with E-state index in [1.165, 1.54) is 6.07 Å². The second kappa shape index (κ2) is 9.73. The van der Waals surface area contributed by atoms with Gasteiger partial charge in [-0.05, 0) is 43.2 Å². The number of rotatable bonds is 7. The maximum Gasteiger partial charge on any atom is 0.276 e. The number of ether oxygens (including phenoxy) is 1. The topological polar surface area (TPSA) is 80.3 Å². The first-order valence-electron chi connectivity index (χ1n) is 8.51. The maximum atomic E-state index is 11.9. The van der Waals surface area contributed by atoms with Crippen LogP contribution < -0.4 is 15.6 Å². The van der Waals surface area contributed by atoms with Crippen LogP contribution in [0.2, 0.25) is 10.0 Å². The summed E-state index contributed by atoms with van der Waals surface area (Å²) in [6, 6.07) is 12.6. The van der Waals surface area contributed by atoms with E-state index in [0.29, 0.717) is 28.6 Å². The van der Waals surface area contributed by atoms with Crippen LogP contribution in [-0.4, -0.2) is 23.4 Å². The van der Waals surface area contributed by atoms with Crippen LogP contribution in [0.4, 0.5) is 0 Å². The maximum absolute atomic E-state index is 11.9. The zero-order valence-electron chi connectivity index (χ0n) is 14.7. The number of hydrazine groups is 1. The third-order valence-corrected chi connectivity index (χ3v) is 5.35. The molecule has 28 heavy (non-hydrogen) atoms. The van der Waals surface area contributed by atoms with Gasteiger partial charge in [0, 0.05) is 11.4 Å². The molecular weight excluding hydrogens is 421 g/mol. The molecule has 9 heteroatoms. The number of hydrogen-bond acceptors (Lipinski definition) is 5. The summed E-state index contributed by atoms with van der Waals surface area (Å²) in [5, 5.41) is 1.77. The van der Waals surface area contributed by atoms with E-state index in [9.17, 15) is 9.59 Å². The van der Waals surface area contributed by atoms with Crippen LogP contribution in [0, 0.1) is 0 Å². The van der Waals surface area contributed by atoms with E-state index in [4.69, 9.17) is 27.9 Å². The van der Waals surface area contributed by atoms with Crippen LogP contribution in [0.25, 0.3) is 10.2 Å². The van der Waals surface area contributed by atoms with Crippen LogP contribution >= 0.6 is 34.5 Å². The van der Waals surface area contributed by atoms with Gasteiger partial charge in [-0.1, -0.05) is 35.3 Å². The van der Waals surface area contributed by atoms with E-state index in [1.807, 2.05) is 24.3 Å². The summed E-state index contributed by atoms with van der Waals surface area (Å²) < 4.78 is 6.43. The number of halogens is 2. The number of aryl methyl sites for hydroxylation is 1. The Labute approximate surface area is 175 Å². The number of carbonyl (C=O) groups is 2. The number of hydrogen-bond donors (Lipinski definition) is 2. The van der Waals surface area contributed by atoms with Gasteiger partial charge in [-0.2, -0.15) is 0 Å². The van der Waals surface area contributed by atoms with E-state index >= 15 is 0 Å². The number of para-hydroxylation sites is 1. The molecule has 0 aliphatic carbocycles. The van der Waals surface area contributed by atoms with Crippen molar-refractivity contribution in [2.24, 2.45) is 0 Å². The van der Waals surface area contributed by atoms with E-state index in [0.717, 1.165) is 15.2 Å². The van der Waals surface area contributed by atoms with Crippen molar-refractivity contribution in [3.05, 3.63) is 57.5 Å². The minimum Gasteiger partial charge on any atom is -0.482 e. The van der Waals surface area contributed by atoms with Crippen molar-refractivity contribution >= 4 is 56.6 Å². The fraction of sp³-hybridized carbons (Fsp3) is 0.211. The highest BCUT2D eigenvalue weighted by atomic mass is 35.5. The molecule has 3 rings (SSSR count). The fourth-order valence-electron chi connectivity index (χ4n) is 2.40. The Balaban J connectivity index is 1.35. The van der Waals surface area contributed by atoms with Gasteiger partial charge < -0.3 is 4.74 Å². The Morgan fingerprint density at radius 1 is 1.07 bits per heavy atom. The number of thiazole rings is 1. The van der Waals surface area contributed by atoms with E-state index in [-0.39, 0.29) is 18.9 Å². The number of nitrogens with one attached hydrogen (secondary N) is 2. The monoisotopic (exact) mass is 437 g/mol. The number of aromatic nitrogens is 1. The number of fused-ring (bicyclic) bond motifs is 1. The zero-order chi connectivity index (χ0) is 19.9. The summed E-state index contributed by atoms with van der Waals surface area (Å²) in [4.78, 5) is 28.2. The number of benzene rings is 2. The second-order valence-corrected chi connectivity index (χ2v) is 7.85. The fourth-order valence-corrected chi connectivity index (χ4v) is 3.87. The highest BCUT2D eigenvalue weighted by Crippen LogP contribution is 2.27. The summed E-state index contributed by atoms with van der Waals surface area (Å²) >= 11 is 13.4. The Morgan fingerprint density at radius 3 is 2.64 bits per heavy atom. The van der Waals surface area contributed by atoms with Gasteiger partial charge in [0.2, 0.25) is 5.91 Å². The van der Waals surface area contributed by atoms with Crippen molar-refractivity contribution in [3.63, 3.8) is 0 Å². The summed E-state index contributed by atoms with van der Waals surface area (Å²) in [5.74, 6) is -0.437. The van der Waals surface area contributed by atoms with Gasteiger partial charge in [-0.25, -0.2) is 4.98 Å². The molecule has 2 N–H and O–H groups in total. The molecule has 0 aliphatic rings. The van der Waals surface area contributed by atoms with E-state index in [1.54, 1.807) is 23.5 Å². The lowest BCUT2D eigenvalue weighted by Crippen LogP contribution is -2.43. The molecule has 146 valence electrons. The highest BCUT2D eigenvalue weighted by molar-refractivity contribution is 7.18. The normalized spacial score (nSPS) is 10.6. The molecule has 0 bridgehead atoms. The third kappa shape index (κ3) is 5.82. The molecule has 2 aromatic carbocycles. The molecule has 0 fully saturated rings. The molecule has 0 aliphatic heterocycles. The number of amides is 2. The summed E-state index contributed by atoms with van der Waals surface area (Å²) in [7, 11) is 0. The van der Waals surface area contributed by atoms with Gasteiger partial charge in [0.25, 0.3) is 5.91 Å². The van der Waals surface area contributed by atoms with E-state index < -0.39 is 5.91 Å². The van der Waals surface area contributed by atoms with Gasteiger partial charge >= 0.3 is 0 Å².